The zero-order valence-electron chi connectivity index (χ0n) is 12.1. The minimum absolute atomic E-state index is 0.217. The molecule has 1 N–H and O–H groups in total. The van der Waals surface area contributed by atoms with Crippen molar-refractivity contribution in [3.63, 3.8) is 0 Å². The lowest BCUT2D eigenvalue weighted by atomic mass is 9.74. The Morgan fingerprint density at radius 2 is 2.32 bits per heavy atom. The quantitative estimate of drug-likeness (QED) is 0.637. The minimum atomic E-state index is -0.217. The molecule has 1 aromatic heterocycles. The van der Waals surface area contributed by atoms with Crippen LogP contribution in [0.25, 0.3) is 10.1 Å². The van der Waals surface area contributed by atoms with Gasteiger partial charge in [-0.1, -0.05) is 35.9 Å². The van der Waals surface area contributed by atoms with Crippen LogP contribution < -0.4 is 5.43 Å². The molecular formula is C17H15ClN2OS. The van der Waals surface area contributed by atoms with Crippen LogP contribution in [0.2, 0.25) is 5.02 Å². The molecule has 0 bridgehead atoms. The molecule has 2 aromatic rings. The molecule has 1 aromatic carbocycles. The third-order valence-corrected chi connectivity index (χ3v) is 6.11. The van der Waals surface area contributed by atoms with Gasteiger partial charge in [0.05, 0.1) is 5.02 Å². The second kappa shape index (κ2) is 5.21. The molecule has 2 atom stereocenters. The second-order valence-electron chi connectivity index (χ2n) is 5.93. The van der Waals surface area contributed by atoms with Gasteiger partial charge >= 0.3 is 0 Å². The van der Waals surface area contributed by atoms with E-state index in [9.17, 15) is 4.79 Å². The number of nitrogens with one attached hydrogen (secondary N) is 1. The summed E-state index contributed by atoms with van der Waals surface area (Å²) in [5.41, 5.74) is 4.93. The predicted octanol–water partition coefficient (Wildman–Crippen LogP) is 4.54. The highest BCUT2D eigenvalue weighted by atomic mass is 35.5. The molecule has 1 heterocycles. The van der Waals surface area contributed by atoms with Crippen LogP contribution in [0.1, 0.15) is 28.1 Å². The maximum atomic E-state index is 12.3. The summed E-state index contributed by atoms with van der Waals surface area (Å²) in [6.45, 7) is 2.03. The number of aryl methyl sites for hydroxylation is 1. The van der Waals surface area contributed by atoms with Crippen molar-refractivity contribution in [1.82, 2.24) is 5.43 Å². The number of benzene rings is 1. The Balaban J connectivity index is 1.55. The van der Waals surface area contributed by atoms with Crippen LogP contribution in [0, 0.1) is 18.8 Å². The maximum Gasteiger partial charge on any atom is 0.283 e. The van der Waals surface area contributed by atoms with Gasteiger partial charge in [-0.25, -0.2) is 5.43 Å². The number of halogens is 1. The van der Waals surface area contributed by atoms with Gasteiger partial charge in [-0.15, -0.1) is 11.3 Å². The molecule has 1 saturated carbocycles. The van der Waals surface area contributed by atoms with E-state index in [0.29, 0.717) is 21.7 Å². The van der Waals surface area contributed by atoms with E-state index in [2.05, 4.69) is 28.7 Å². The minimum Gasteiger partial charge on any atom is -0.266 e. The van der Waals surface area contributed by atoms with E-state index in [1.165, 1.54) is 11.3 Å². The number of fused-ring (bicyclic) bond motifs is 2. The Hall–Kier alpha value is -1.65. The van der Waals surface area contributed by atoms with E-state index in [1.807, 2.05) is 19.1 Å². The lowest BCUT2D eigenvalue weighted by Gasteiger charge is -2.31. The molecule has 2 aliphatic carbocycles. The van der Waals surface area contributed by atoms with Gasteiger partial charge in [-0.3, -0.25) is 4.79 Å². The number of hydrogen-bond acceptors (Lipinski definition) is 3. The first-order valence-corrected chi connectivity index (χ1v) is 8.55. The van der Waals surface area contributed by atoms with Gasteiger partial charge in [0, 0.05) is 21.7 Å². The van der Waals surface area contributed by atoms with Crippen molar-refractivity contribution in [3.8, 4) is 0 Å². The van der Waals surface area contributed by atoms with Crippen molar-refractivity contribution in [1.29, 1.82) is 0 Å². The molecule has 22 heavy (non-hydrogen) atoms. The summed E-state index contributed by atoms with van der Waals surface area (Å²) in [7, 11) is 0. The van der Waals surface area contributed by atoms with Crippen LogP contribution in [0.3, 0.4) is 0 Å². The summed E-state index contributed by atoms with van der Waals surface area (Å²) < 4.78 is 1.03. The largest absolute Gasteiger partial charge is 0.283 e. The first-order chi connectivity index (χ1) is 10.6. The van der Waals surface area contributed by atoms with Crippen LogP contribution >= 0.6 is 22.9 Å². The van der Waals surface area contributed by atoms with Crippen molar-refractivity contribution in [2.75, 3.05) is 0 Å². The molecule has 0 aliphatic heterocycles. The van der Waals surface area contributed by atoms with Gasteiger partial charge in [0.15, 0.2) is 0 Å². The first-order valence-electron chi connectivity index (χ1n) is 7.35. The Kier molecular flexibility index (Phi) is 3.31. The van der Waals surface area contributed by atoms with Crippen LogP contribution in [0.5, 0.6) is 0 Å². The van der Waals surface area contributed by atoms with Gasteiger partial charge < -0.3 is 0 Å². The van der Waals surface area contributed by atoms with E-state index >= 15 is 0 Å². The number of amides is 1. The number of carbonyl (C=O) groups is 1. The summed E-state index contributed by atoms with van der Waals surface area (Å²) in [6, 6.07) is 6.02. The summed E-state index contributed by atoms with van der Waals surface area (Å²) >= 11 is 7.77. The zero-order valence-corrected chi connectivity index (χ0v) is 13.7. The van der Waals surface area contributed by atoms with Gasteiger partial charge in [0.1, 0.15) is 4.88 Å². The topological polar surface area (TPSA) is 41.5 Å². The molecule has 112 valence electrons. The highest BCUT2D eigenvalue weighted by molar-refractivity contribution is 7.21. The monoisotopic (exact) mass is 330 g/mol. The highest BCUT2D eigenvalue weighted by Gasteiger charge is 2.38. The van der Waals surface area contributed by atoms with Crippen molar-refractivity contribution in [2.45, 2.75) is 19.8 Å². The van der Waals surface area contributed by atoms with Gasteiger partial charge in [-0.05, 0) is 37.3 Å². The SMILES string of the molecule is Cc1ccc2c(Cl)c(C(=O)N/N=C3/CC4C=CCC34)sc2c1. The molecule has 5 heteroatoms. The molecule has 0 saturated heterocycles. The van der Waals surface area contributed by atoms with Crippen LogP contribution in [-0.2, 0) is 0 Å². The molecule has 2 aliphatic rings. The predicted molar refractivity (Wildman–Crippen MR) is 91.8 cm³/mol. The summed E-state index contributed by atoms with van der Waals surface area (Å²) in [5, 5.41) is 5.75. The maximum absolute atomic E-state index is 12.3. The molecule has 1 fully saturated rings. The number of allylic oxidation sites excluding steroid dienone is 2. The van der Waals surface area contributed by atoms with E-state index in [1.54, 1.807) is 0 Å². The Morgan fingerprint density at radius 1 is 1.45 bits per heavy atom. The Bertz CT molecular complexity index is 837. The zero-order chi connectivity index (χ0) is 15.3. The number of thiophene rings is 1. The van der Waals surface area contributed by atoms with Crippen molar-refractivity contribution < 1.29 is 4.79 Å². The first kappa shape index (κ1) is 14.0. The van der Waals surface area contributed by atoms with Gasteiger partial charge in [-0.2, -0.15) is 5.10 Å². The van der Waals surface area contributed by atoms with E-state index < -0.39 is 0 Å². The van der Waals surface area contributed by atoms with E-state index in [0.717, 1.165) is 34.2 Å². The molecule has 0 spiro atoms. The van der Waals surface area contributed by atoms with Crippen LogP contribution in [0.15, 0.2) is 35.5 Å². The fraction of sp³-hybridized carbons (Fsp3) is 0.294. The lowest BCUT2D eigenvalue weighted by Crippen LogP contribution is -2.35. The number of nitrogens with zero attached hydrogens (tertiary/aromatic N) is 1. The third-order valence-electron chi connectivity index (χ3n) is 4.46. The highest BCUT2D eigenvalue weighted by Crippen LogP contribution is 2.40. The van der Waals surface area contributed by atoms with Gasteiger partial charge in [0.2, 0.25) is 0 Å². The molecule has 3 nitrogen and oxygen atoms in total. The fourth-order valence-electron chi connectivity index (χ4n) is 3.16. The van der Waals surface area contributed by atoms with Crippen LogP contribution in [-0.4, -0.2) is 11.6 Å². The average Bonchev–Trinajstić information content (AvgIpc) is 3.00. The number of carbonyl (C=O) groups excluding carboxylic acids is 1. The smallest absolute Gasteiger partial charge is 0.266 e. The summed E-state index contributed by atoms with van der Waals surface area (Å²) in [4.78, 5) is 12.9. The molecule has 4 rings (SSSR count). The number of rotatable bonds is 2. The third kappa shape index (κ3) is 2.18. The number of hydrogen-bond donors (Lipinski definition) is 1. The van der Waals surface area contributed by atoms with Crippen molar-refractivity contribution in [2.24, 2.45) is 16.9 Å². The molecule has 1 amide bonds. The van der Waals surface area contributed by atoms with Gasteiger partial charge in [0.25, 0.3) is 5.91 Å². The van der Waals surface area contributed by atoms with E-state index in [-0.39, 0.29) is 5.91 Å². The second-order valence-corrected chi connectivity index (χ2v) is 7.36. The number of hydrazone groups is 1. The summed E-state index contributed by atoms with van der Waals surface area (Å²) in [5.74, 6) is 0.915. The van der Waals surface area contributed by atoms with Crippen LogP contribution in [0.4, 0.5) is 0 Å². The Morgan fingerprint density at radius 3 is 3.14 bits per heavy atom. The lowest BCUT2D eigenvalue weighted by molar-refractivity contribution is 0.0958. The van der Waals surface area contributed by atoms with Crippen molar-refractivity contribution >= 4 is 44.6 Å². The molecule has 0 radical (unpaired) electrons. The Labute approximate surface area is 137 Å². The van der Waals surface area contributed by atoms with E-state index in [4.69, 9.17) is 11.6 Å². The summed E-state index contributed by atoms with van der Waals surface area (Å²) in [6.07, 6.45) is 6.45. The molecular weight excluding hydrogens is 316 g/mol. The normalized spacial score (nSPS) is 24.5. The standard InChI is InChI=1S/C17H15ClN2OS/c1-9-5-6-12-14(7-9)22-16(15(12)18)17(21)20-19-13-8-10-3-2-4-11(10)13/h2-3,5-7,10-11H,4,8H2,1H3,(H,20,21)/b19-13-. The fourth-order valence-corrected chi connectivity index (χ4v) is 4.66. The van der Waals surface area contributed by atoms with Crippen molar-refractivity contribution in [3.05, 3.63) is 45.8 Å². The average molecular weight is 331 g/mol. The molecule has 2 unspecified atom stereocenters.